The highest BCUT2D eigenvalue weighted by atomic mass is 35.5. The Bertz CT molecular complexity index is 810. The van der Waals surface area contributed by atoms with Gasteiger partial charge in [0.1, 0.15) is 0 Å². The number of hydrogen-bond donors (Lipinski definition) is 1. The zero-order chi connectivity index (χ0) is 16.2. The number of hydrogen-bond acceptors (Lipinski definition) is 2. The smallest absolute Gasteiger partial charge is 0.277 e. The van der Waals surface area contributed by atoms with Crippen LogP contribution in [0.3, 0.4) is 0 Å². The first-order chi connectivity index (χ1) is 11.2. The molecule has 5 heteroatoms. The van der Waals surface area contributed by atoms with Gasteiger partial charge in [0, 0.05) is 18.4 Å². The molecule has 0 bridgehead atoms. The Kier molecular flexibility index (Phi) is 4.44. The lowest BCUT2D eigenvalue weighted by molar-refractivity contribution is 0.102. The molecule has 2 aromatic carbocycles. The SMILES string of the molecule is CCn1cc(Cl)c(C(=O)Nc2ccc(-c3ccccc3)cc2)n1. The van der Waals surface area contributed by atoms with Gasteiger partial charge in [0.25, 0.3) is 5.91 Å². The second-order valence-electron chi connectivity index (χ2n) is 5.08. The fourth-order valence-corrected chi connectivity index (χ4v) is 2.52. The van der Waals surface area contributed by atoms with Gasteiger partial charge in [-0.2, -0.15) is 5.10 Å². The number of rotatable bonds is 4. The van der Waals surface area contributed by atoms with Crippen molar-refractivity contribution in [1.29, 1.82) is 0 Å². The van der Waals surface area contributed by atoms with Gasteiger partial charge in [-0.25, -0.2) is 0 Å². The van der Waals surface area contributed by atoms with Crippen molar-refractivity contribution >= 4 is 23.2 Å². The first kappa shape index (κ1) is 15.3. The number of amides is 1. The number of halogens is 1. The summed E-state index contributed by atoms with van der Waals surface area (Å²) < 4.78 is 1.63. The summed E-state index contributed by atoms with van der Waals surface area (Å²) in [5.41, 5.74) is 3.17. The van der Waals surface area contributed by atoms with Gasteiger partial charge < -0.3 is 5.32 Å². The molecule has 1 N–H and O–H groups in total. The average molecular weight is 326 g/mol. The Morgan fingerprint density at radius 1 is 1.09 bits per heavy atom. The molecule has 0 aliphatic rings. The van der Waals surface area contributed by atoms with Gasteiger partial charge in [0.05, 0.1) is 5.02 Å². The van der Waals surface area contributed by atoms with E-state index in [1.807, 2.05) is 61.5 Å². The van der Waals surface area contributed by atoms with Crippen molar-refractivity contribution in [2.75, 3.05) is 5.32 Å². The predicted molar refractivity (Wildman–Crippen MR) is 92.7 cm³/mol. The predicted octanol–water partition coefficient (Wildman–Crippen LogP) is 4.48. The molecule has 0 unspecified atom stereocenters. The van der Waals surface area contributed by atoms with Crippen molar-refractivity contribution in [3.63, 3.8) is 0 Å². The normalized spacial score (nSPS) is 10.5. The third-order valence-electron chi connectivity index (χ3n) is 3.51. The Morgan fingerprint density at radius 2 is 1.74 bits per heavy atom. The maximum absolute atomic E-state index is 12.2. The Morgan fingerprint density at radius 3 is 2.35 bits per heavy atom. The molecule has 23 heavy (non-hydrogen) atoms. The summed E-state index contributed by atoms with van der Waals surface area (Å²) in [7, 11) is 0. The van der Waals surface area contributed by atoms with E-state index >= 15 is 0 Å². The molecule has 1 aromatic heterocycles. The summed E-state index contributed by atoms with van der Waals surface area (Å²) in [5, 5.41) is 7.33. The minimum Gasteiger partial charge on any atom is -0.321 e. The first-order valence-electron chi connectivity index (χ1n) is 7.37. The van der Waals surface area contributed by atoms with E-state index in [9.17, 15) is 4.79 Å². The highest BCUT2D eigenvalue weighted by Crippen LogP contribution is 2.22. The molecule has 0 saturated carbocycles. The van der Waals surface area contributed by atoms with E-state index in [0.717, 1.165) is 11.1 Å². The monoisotopic (exact) mass is 325 g/mol. The van der Waals surface area contributed by atoms with Gasteiger partial charge in [-0.1, -0.05) is 54.1 Å². The van der Waals surface area contributed by atoms with E-state index in [-0.39, 0.29) is 11.6 Å². The number of carbonyl (C=O) groups excluding carboxylic acids is 1. The zero-order valence-corrected chi connectivity index (χ0v) is 13.4. The summed E-state index contributed by atoms with van der Waals surface area (Å²) >= 11 is 6.05. The quantitative estimate of drug-likeness (QED) is 0.769. The molecule has 0 fully saturated rings. The minimum absolute atomic E-state index is 0.237. The van der Waals surface area contributed by atoms with E-state index < -0.39 is 0 Å². The van der Waals surface area contributed by atoms with Crippen LogP contribution in [0.15, 0.2) is 60.8 Å². The van der Waals surface area contributed by atoms with E-state index in [1.54, 1.807) is 10.9 Å². The lowest BCUT2D eigenvalue weighted by atomic mass is 10.1. The van der Waals surface area contributed by atoms with Crippen molar-refractivity contribution < 1.29 is 4.79 Å². The molecule has 0 aliphatic carbocycles. The Balaban J connectivity index is 1.75. The van der Waals surface area contributed by atoms with Crippen molar-refractivity contribution in [1.82, 2.24) is 9.78 Å². The number of nitrogens with one attached hydrogen (secondary N) is 1. The summed E-state index contributed by atoms with van der Waals surface area (Å²) in [6.45, 7) is 2.60. The number of anilines is 1. The summed E-state index contributed by atoms with van der Waals surface area (Å²) in [4.78, 5) is 12.2. The van der Waals surface area contributed by atoms with Gasteiger partial charge in [0.15, 0.2) is 5.69 Å². The standard InChI is InChI=1S/C18H16ClN3O/c1-2-22-12-16(19)17(21-22)18(23)20-15-10-8-14(9-11-15)13-6-4-3-5-7-13/h3-12H,2H2,1H3,(H,20,23). The Hall–Kier alpha value is -2.59. The molecular weight excluding hydrogens is 310 g/mol. The van der Waals surface area contributed by atoms with Crippen LogP contribution >= 0.6 is 11.6 Å². The van der Waals surface area contributed by atoms with Crippen molar-refractivity contribution in [3.8, 4) is 11.1 Å². The van der Waals surface area contributed by atoms with Gasteiger partial charge in [0.2, 0.25) is 0 Å². The summed E-state index contributed by atoms with van der Waals surface area (Å²) in [6, 6.07) is 17.7. The second-order valence-corrected chi connectivity index (χ2v) is 5.49. The molecule has 3 rings (SSSR count). The van der Waals surface area contributed by atoms with E-state index in [0.29, 0.717) is 17.3 Å². The largest absolute Gasteiger partial charge is 0.321 e. The highest BCUT2D eigenvalue weighted by Gasteiger charge is 2.15. The lowest BCUT2D eigenvalue weighted by Gasteiger charge is -2.06. The second kappa shape index (κ2) is 6.67. The number of aromatic nitrogens is 2. The maximum Gasteiger partial charge on any atom is 0.277 e. The van der Waals surface area contributed by atoms with Crippen molar-refractivity contribution in [3.05, 3.63) is 71.5 Å². The van der Waals surface area contributed by atoms with Crippen LogP contribution in [0.2, 0.25) is 5.02 Å². The topological polar surface area (TPSA) is 46.9 Å². The van der Waals surface area contributed by atoms with Crippen LogP contribution in [0.4, 0.5) is 5.69 Å². The first-order valence-corrected chi connectivity index (χ1v) is 7.75. The van der Waals surface area contributed by atoms with E-state index in [1.165, 1.54) is 0 Å². The molecule has 0 atom stereocenters. The van der Waals surface area contributed by atoms with Crippen LogP contribution < -0.4 is 5.32 Å². The molecule has 0 spiro atoms. The van der Waals surface area contributed by atoms with Gasteiger partial charge in [-0.3, -0.25) is 9.48 Å². The third-order valence-corrected chi connectivity index (χ3v) is 3.78. The lowest BCUT2D eigenvalue weighted by Crippen LogP contribution is -2.13. The number of aryl methyl sites for hydroxylation is 1. The molecule has 1 amide bonds. The van der Waals surface area contributed by atoms with Gasteiger partial charge >= 0.3 is 0 Å². The zero-order valence-electron chi connectivity index (χ0n) is 12.7. The molecule has 0 aliphatic heterocycles. The van der Waals surface area contributed by atoms with Crippen LogP contribution in [0.5, 0.6) is 0 Å². The van der Waals surface area contributed by atoms with Gasteiger partial charge in [-0.05, 0) is 30.2 Å². The van der Waals surface area contributed by atoms with Crippen LogP contribution in [0.1, 0.15) is 17.4 Å². The van der Waals surface area contributed by atoms with Crippen LogP contribution in [0, 0.1) is 0 Å². The van der Waals surface area contributed by atoms with Crippen molar-refractivity contribution in [2.24, 2.45) is 0 Å². The van der Waals surface area contributed by atoms with Crippen LogP contribution in [-0.2, 0) is 6.54 Å². The van der Waals surface area contributed by atoms with Gasteiger partial charge in [-0.15, -0.1) is 0 Å². The summed E-state index contributed by atoms with van der Waals surface area (Å²) in [6.07, 6.45) is 1.65. The molecule has 3 aromatic rings. The molecule has 1 heterocycles. The van der Waals surface area contributed by atoms with E-state index in [4.69, 9.17) is 11.6 Å². The van der Waals surface area contributed by atoms with Crippen LogP contribution in [-0.4, -0.2) is 15.7 Å². The number of benzene rings is 2. The van der Waals surface area contributed by atoms with E-state index in [2.05, 4.69) is 10.4 Å². The highest BCUT2D eigenvalue weighted by molar-refractivity contribution is 6.34. The molecular formula is C18H16ClN3O. The Labute approximate surface area is 139 Å². The number of carbonyl (C=O) groups is 1. The third kappa shape index (κ3) is 3.43. The fourth-order valence-electron chi connectivity index (χ4n) is 2.28. The maximum atomic E-state index is 12.2. The fraction of sp³-hybridized carbons (Fsp3) is 0.111. The molecule has 116 valence electrons. The van der Waals surface area contributed by atoms with Crippen LogP contribution in [0.25, 0.3) is 11.1 Å². The molecule has 4 nitrogen and oxygen atoms in total. The summed E-state index contributed by atoms with van der Waals surface area (Å²) in [5.74, 6) is -0.310. The minimum atomic E-state index is -0.310. The molecule has 0 radical (unpaired) electrons. The average Bonchev–Trinajstić information content (AvgIpc) is 2.97. The molecule has 0 saturated heterocycles. The number of nitrogens with zero attached hydrogens (tertiary/aromatic N) is 2. The van der Waals surface area contributed by atoms with Crippen molar-refractivity contribution in [2.45, 2.75) is 13.5 Å².